The zero-order valence-corrected chi connectivity index (χ0v) is 14.3. The Morgan fingerprint density at radius 2 is 1.83 bits per heavy atom. The minimum absolute atomic E-state index is 0.0144. The number of hydrogen-bond donors (Lipinski definition) is 2. The van der Waals surface area contributed by atoms with Gasteiger partial charge in [-0.05, 0) is 50.5 Å². The van der Waals surface area contributed by atoms with Crippen molar-refractivity contribution in [3.8, 4) is 6.07 Å². The van der Waals surface area contributed by atoms with Crippen LogP contribution in [0, 0.1) is 39.0 Å². The normalized spacial score (nSPS) is 10.9. The van der Waals surface area contributed by atoms with Gasteiger partial charge in [0.25, 0.3) is 5.91 Å². The molecule has 1 heterocycles. The summed E-state index contributed by atoms with van der Waals surface area (Å²) in [6.07, 6.45) is 3.03. The lowest BCUT2D eigenvalue weighted by molar-refractivity contribution is -0.112. The molecule has 5 nitrogen and oxygen atoms in total. The molecule has 0 bridgehead atoms. The molecule has 24 heavy (non-hydrogen) atoms. The highest BCUT2D eigenvalue weighted by Crippen LogP contribution is 2.22. The van der Waals surface area contributed by atoms with Crippen molar-refractivity contribution in [1.29, 1.82) is 5.26 Å². The second-order valence-corrected chi connectivity index (χ2v) is 5.71. The van der Waals surface area contributed by atoms with E-state index >= 15 is 0 Å². The first-order valence-corrected chi connectivity index (χ1v) is 7.60. The number of hydrogen-bond acceptors (Lipinski definition) is 4. The summed E-state index contributed by atoms with van der Waals surface area (Å²) in [5.41, 5.74) is 4.71. The van der Waals surface area contributed by atoms with Gasteiger partial charge in [0.2, 0.25) is 0 Å². The summed E-state index contributed by atoms with van der Waals surface area (Å²) < 4.78 is 0. The molecule has 0 unspecified atom stereocenters. The highest BCUT2D eigenvalue weighted by atomic mass is 16.1. The van der Waals surface area contributed by atoms with E-state index in [1.165, 1.54) is 6.20 Å². The monoisotopic (exact) mass is 320 g/mol. The van der Waals surface area contributed by atoms with Gasteiger partial charge in [0, 0.05) is 18.1 Å². The van der Waals surface area contributed by atoms with E-state index in [1.807, 2.05) is 58.0 Å². The van der Waals surface area contributed by atoms with E-state index in [9.17, 15) is 10.1 Å². The molecule has 0 atom stereocenters. The Morgan fingerprint density at radius 1 is 1.17 bits per heavy atom. The summed E-state index contributed by atoms with van der Waals surface area (Å²) >= 11 is 0. The summed E-state index contributed by atoms with van der Waals surface area (Å²) in [7, 11) is 0. The molecule has 0 radical (unpaired) electrons. The van der Waals surface area contributed by atoms with E-state index in [2.05, 4.69) is 15.6 Å². The van der Waals surface area contributed by atoms with E-state index in [0.29, 0.717) is 5.82 Å². The highest BCUT2D eigenvalue weighted by Gasteiger charge is 2.13. The standard InChI is InChI=1S/C19H20N4O/c1-12-8-14(3)17(15(4)9-12)23-19(24)16(10-20)11-22-18-13(2)6-5-7-21-18/h5-9,11H,1-4H3,(H,21,22)(H,23,24)/b16-11-. The Hall–Kier alpha value is -3.13. The van der Waals surface area contributed by atoms with Crippen molar-refractivity contribution in [2.75, 3.05) is 10.6 Å². The van der Waals surface area contributed by atoms with Gasteiger partial charge in [-0.3, -0.25) is 4.79 Å². The van der Waals surface area contributed by atoms with Crippen LogP contribution in [0.3, 0.4) is 0 Å². The predicted octanol–water partition coefficient (Wildman–Crippen LogP) is 3.77. The van der Waals surface area contributed by atoms with Crippen LogP contribution in [0.2, 0.25) is 0 Å². The van der Waals surface area contributed by atoms with E-state index in [4.69, 9.17) is 0 Å². The fourth-order valence-corrected chi connectivity index (χ4v) is 2.48. The molecule has 0 fully saturated rings. The van der Waals surface area contributed by atoms with Crippen LogP contribution in [-0.2, 0) is 4.79 Å². The molecule has 1 amide bonds. The first kappa shape index (κ1) is 17.2. The van der Waals surface area contributed by atoms with Crippen LogP contribution >= 0.6 is 0 Å². The molecule has 0 aliphatic carbocycles. The van der Waals surface area contributed by atoms with Crippen molar-refractivity contribution in [2.45, 2.75) is 27.7 Å². The van der Waals surface area contributed by atoms with Crippen LogP contribution in [0.15, 0.2) is 42.2 Å². The van der Waals surface area contributed by atoms with Crippen molar-refractivity contribution in [3.05, 3.63) is 64.5 Å². The number of nitrogens with one attached hydrogen (secondary N) is 2. The fourth-order valence-electron chi connectivity index (χ4n) is 2.48. The molecule has 0 spiro atoms. The van der Waals surface area contributed by atoms with Crippen molar-refractivity contribution in [2.24, 2.45) is 0 Å². The average molecular weight is 320 g/mol. The minimum atomic E-state index is -0.450. The van der Waals surface area contributed by atoms with Gasteiger partial charge in [0.15, 0.2) is 0 Å². The van der Waals surface area contributed by atoms with E-state index in [1.54, 1.807) is 6.20 Å². The van der Waals surface area contributed by atoms with Gasteiger partial charge in [-0.1, -0.05) is 23.8 Å². The molecular formula is C19H20N4O. The summed E-state index contributed by atoms with van der Waals surface area (Å²) in [5.74, 6) is 0.161. The Morgan fingerprint density at radius 3 is 2.42 bits per heavy atom. The van der Waals surface area contributed by atoms with Crippen LogP contribution < -0.4 is 10.6 Å². The molecule has 2 N–H and O–H groups in total. The van der Waals surface area contributed by atoms with Crippen molar-refractivity contribution < 1.29 is 4.79 Å². The predicted molar refractivity (Wildman–Crippen MR) is 95.6 cm³/mol. The van der Waals surface area contributed by atoms with Gasteiger partial charge in [-0.2, -0.15) is 5.26 Å². The molecule has 0 saturated carbocycles. The fraction of sp³-hybridized carbons (Fsp3) is 0.211. The molecule has 0 aliphatic heterocycles. The smallest absolute Gasteiger partial charge is 0.267 e. The Balaban J connectivity index is 2.20. The number of amides is 1. The Bertz CT molecular complexity index is 824. The molecule has 0 saturated heterocycles. The van der Waals surface area contributed by atoms with Gasteiger partial charge >= 0.3 is 0 Å². The molecule has 0 aliphatic rings. The lowest BCUT2D eigenvalue weighted by atomic mass is 10.0. The van der Waals surface area contributed by atoms with Crippen molar-refractivity contribution in [3.63, 3.8) is 0 Å². The third-order valence-corrected chi connectivity index (χ3v) is 3.64. The summed E-state index contributed by atoms with van der Waals surface area (Å²) in [6, 6.07) is 9.63. The van der Waals surface area contributed by atoms with Crippen LogP contribution in [0.25, 0.3) is 0 Å². The van der Waals surface area contributed by atoms with Crippen LogP contribution in [-0.4, -0.2) is 10.9 Å². The van der Waals surface area contributed by atoms with Gasteiger partial charge in [0.05, 0.1) is 0 Å². The summed E-state index contributed by atoms with van der Waals surface area (Å²) in [5, 5.41) is 15.0. The SMILES string of the molecule is Cc1cc(C)c(NC(=O)/C(C#N)=C\Nc2ncccc2C)c(C)c1. The van der Waals surface area contributed by atoms with E-state index in [-0.39, 0.29) is 5.57 Å². The third-order valence-electron chi connectivity index (χ3n) is 3.64. The van der Waals surface area contributed by atoms with Gasteiger partial charge in [0.1, 0.15) is 17.5 Å². The molecule has 1 aromatic carbocycles. The zero-order chi connectivity index (χ0) is 17.7. The molecule has 122 valence electrons. The van der Waals surface area contributed by atoms with Crippen molar-refractivity contribution in [1.82, 2.24) is 4.98 Å². The largest absolute Gasteiger partial charge is 0.345 e. The number of rotatable bonds is 4. The Kier molecular flexibility index (Phi) is 5.33. The van der Waals surface area contributed by atoms with Crippen LogP contribution in [0.5, 0.6) is 0 Å². The van der Waals surface area contributed by atoms with E-state index in [0.717, 1.165) is 27.9 Å². The second kappa shape index (κ2) is 7.42. The zero-order valence-electron chi connectivity index (χ0n) is 14.3. The van der Waals surface area contributed by atoms with E-state index < -0.39 is 5.91 Å². The topological polar surface area (TPSA) is 77.8 Å². The molecule has 2 rings (SSSR count). The van der Waals surface area contributed by atoms with Gasteiger partial charge < -0.3 is 10.6 Å². The number of aryl methyl sites for hydroxylation is 4. The first-order chi connectivity index (χ1) is 11.4. The number of nitrogens with zero attached hydrogens (tertiary/aromatic N) is 2. The number of anilines is 2. The quantitative estimate of drug-likeness (QED) is 0.664. The lowest BCUT2D eigenvalue weighted by Crippen LogP contribution is -2.16. The minimum Gasteiger partial charge on any atom is -0.345 e. The third kappa shape index (κ3) is 3.99. The lowest BCUT2D eigenvalue weighted by Gasteiger charge is -2.12. The molecule has 2 aromatic rings. The molecule has 5 heteroatoms. The van der Waals surface area contributed by atoms with Crippen LogP contribution in [0.4, 0.5) is 11.5 Å². The molecule has 1 aromatic heterocycles. The average Bonchev–Trinajstić information content (AvgIpc) is 2.53. The maximum Gasteiger partial charge on any atom is 0.267 e. The number of benzene rings is 1. The summed E-state index contributed by atoms with van der Waals surface area (Å²) in [6.45, 7) is 7.77. The highest BCUT2D eigenvalue weighted by molar-refractivity contribution is 6.07. The van der Waals surface area contributed by atoms with Crippen molar-refractivity contribution >= 4 is 17.4 Å². The molecular weight excluding hydrogens is 300 g/mol. The number of carbonyl (C=O) groups excluding carboxylic acids is 1. The second-order valence-electron chi connectivity index (χ2n) is 5.71. The Labute approximate surface area is 142 Å². The number of carbonyl (C=O) groups is 1. The number of nitriles is 1. The maximum absolute atomic E-state index is 12.4. The van der Waals surface area contributed by atoms with Gasteiger partial charge in [-0.15, -0.1) is 0 Å². The maximum atomic E-state index is 12.4. The summed E-state index contributed by atoms with van der Waals surface area (Å²) in [4.78, 5) is 16.5. The number of aromatic nitrogens is 1. The number of pyridine rings is 1. The first-order valence-electron chi connectivity index (χ1n) is 7.60. The van der Waals surface area contributed by atoms with Gasteiger partial charge in [-0.25, -0.2) is 4.98 Å². The van der Waals surface area contributed by atoms with Crippen LogP contribution in [0.1, 0.15) is 22.3 Å².